The summed E-state index contributed by atoms with van der Waals surface area (Å²) in [6.07, 6.45) is 2.06. The van der Waals surface area contributed by atoms with E-state index in [1.54, 1.807) is 0 Å². The Kier molecular flexibility index (Phi) is 4.72. The largest absolute Gasteiger partial charge is 0.325 e. The highest BCUT2D eigenvalue weighted by atomic mass is 15.1. The van der Waals surface area contributed by atoms with Crippen LogP contribution in [0, 0.1) is 0 Å². The molecule has 2 N–H and O–H groups in total. The summed E-state index contributed by atoms with van der Waals surface area (Å²) in [5, 5.41) is 0. The quantitative estimate of drug-likeness (QED) is 0.848. The maximum absolute atomic E-state index is 6.14. The number of hydrogen-bond donors (Lipinski definition) is 1. The third kappa shape index (κ3) is 4.49. The van der Waals surface area contributed by atoms with Gasteiger partial charge in [-0.2, -0.15) is 0 Å². The average Bonchev–Trinajstić information content (AvgIpc) is 2.25. The van der Waals surface area contributed by atoms with Gasteiger partial charge in [-0.25, -0.2) is 0 Å². The van der Waals surface area contributed by atoms with E-state index in [-0.39, 0.29) is 5.54 Å². The van der Waals surface area contributed by atoms with Crippen molar-refractivity contribution in [3.8, 4) is 0 Å². The normalized spacial score (nSPS) is 14.1. The van der Waals surface area contributed by atoms with E-state index in [2.05, 4.69) is 64.0 Å². The van der Waals surface area contributed by atoms with Gasteiger partial charge in [-0.15, -0.1) is 0 Å². The monoisotopic (exact) mass is 234 g/mol. The van der Waals surface area contributed by atoms with Crippen LogP contribution in [0.3, 0.4) is 0 Å². The zero-order valence-corrected chi connectivity index (χ0v) is 11.8. The summed E-state index contributed by atoms with van der Waals surface area (Å²) in [5.41, 5.74) is 8.74. The maximum Gasteiger partial charge on any atom is 0.0359 e. The Morgan fingerprint density at radius 2 is 1.71 bits per heavy atom. The van der Waals surface area contributed by atoms with Gasteiger partial charge < -0.3 is 10.6 Å². The fraction of sp³-hybridized carbons (Fsp3) is 0.600. The van der Waals surface area contributed by atoms with Crippen molar-refractivity contribution in [2.45, 2.75) is 45.2 Å². The fourth-order valence-corrected chi connectivity index (χ4v) is 2.07. The lowest BCUT2D eigenvalue weighted by molar-refractivity contribution is 0.243. The SMILES string of the molecule is CCc1ccc(C(CC(C)(C)N)N(C)C)cc1. The Balaban J connectivity index is 2.89. The zero-order valence-electron chi connectivity index (χ0n) is 11.8. The molecular weight excluding hydrogens is 208 g/mol. The van der Waals surface area contributed by atoms with Crippen LogP contribution >= 0.6 is 0 Å². The van der Waals surface area contributed by atoms with Crippen LogP contribution in [0.1, 0.15) is 44.4 Å². The number of aryl methyl sites for hydroxylation is 1. The van der Waals surface area contributed by atoms with Crippen LogP contribution in [0.4, 0.5) is 0 Å². The first-order chi connectivity index (χ1) is 7.83. The molecule has 2 nitrogen and oxygen atoms in total. The van der Waals surface area contributed by atoms with Gasteiger partial charge in [-0.1, -0.05) is 31.2 Å². The molecule has 0 aliphatic rings. The van der Waals surface area contributed by atoms with E-state index >= 15 is 0 Å². The molecule has 0 radical (unpaired) electrons. The number of rotatable bonds is 5. The molecule has 0 aromatic heterocycles. The average molecular weight is 234 g/mol. The number of nitrogens with zero attached hydrogens (tertiary/aromatic N) is 1. The van der Waals surface area contributed by atoms with Gasteiger partial charge in [0.2, 0.25) is 0 Å². The molecule has 0 heterocycles. The van der Waals surface area contributed by atoms with Crippen molar-refractivity contribution < 1.29 is 0 Å². The van der Waals surface area contributed by atoms with E-state index in [0.29, 0.717) is 6.04 Å². The molecule has 0 aliphatic heterocycles. The number of benzene rings is 1. The van der Waals surface area contributed by atoms with E-state index in [0.717, 1.165) is 12.8 Å². The highest BCUT2D eigenvalue weighted by molar-refractivity contribution is 5.25. The molecule has 1 rings (SSSR count). The first-order valence-corrected chi connectivity index (χ1v) is 6.37. The van der Waals surface area contributed by atoms with Crippen molar-refractivity contribution in [2.75, 3.05) is 14.1 Å². The van der Waals surface area contributed by atoms with E-state index < -0.39 is 0 Å². The minimum Gasteiger partial charge on any atom is -0.325 e. The smallest absolute Gasteiger partial charge is 0.0359 e. The standard InChI is InChI=1S/C15H26N2/c1-6-12-7-9-13(10-8-12)14(17(4)5)11-15(2,3)16/h7-10,14H,6,11,16H2,1-5H3. The molecule has 1 atom stereocenters. The molecule has 2 heteroatoms. The number of nitrogens with two attached hydrogens (primary N) is 1. The van der Waals surface area contributed by atoms with Crippen LogP contribution in [0.5, 0.6) is 0 Å². The Morgan fingerprint density at radius 3 is 2.06 bits per heavy atom. The van der Waals surface area contributed by atoms with E-state index in [1.807, 2.05) is 0 Å². The zero-order chi connectivity index (χ0) is 13.1. The topological polar surface area (TPSA) is 29.3 Å². The Morgan fingerprint density at radius 1 is 1.18 bits per heavy atom. The highest BCUT2D eigenvalue weighted by Gasteiger charge is 2.22. The van der Waals surface area contributed by atoms with Crippen LogP contribution < -0.4 is 5.73 Å². The fourth-order valence-electron chi connectivity index (χ4n) is 2.07. The van der Waals surface area contributed by atoms with Crippen LogP contribution in [-0.2, 0) is 6.42 Å². The predicted octanol–water partition coefficient (Wildman–Crippen LogP) is 2.98. The summed E-state index contributed by atoms with van der Waals surface area (Å²) in [4.78, 5) is 2.25. The molecule has 1 aromatic carbocycles. The third-order valence-corrected chi connectivity index (χ3v) is 3.12. The van der Waals surface area contributed by atoms with Gasteiger partial charge in [0.25, 0.3) is 0 Å². The number of hydrogen-bond acceptors (Lipinski definition) is 2. The first kappa shape index (κ1) is 14.2. The van der Waals surface area contributed by atoms with E-state index in [9.17, 15) is 0 Å². The van der Waals surface area contributed by atoms with Crippen molar-refractivity contribution >= 4 is 0 Å². The Hall–Kier alpha value is -0.860. The molecule has 17 heavy (non-hydrogen) atoms. The summed E-state index contributed by atoms with van der Waals surface area (Å²) in [7, 11) is 4.23. The van der Waals surface area contributed by atoms with E-state index in [4.69, 9.17) is 5.73 Å². The van der Waals surface area contributed by atoms with Crippen LogP contribution in [0.15, 0.2) is 24.3 Å². The van der Waals surface area contributed by atoms with Crippen molar-refractivity contribution in [3.63, 3.8) is 0 Å². The van der Waals surface area contributed by atoms with Gasteiger partial charge in [0.1, 0.15) is 0 Å². The van der Waals surface area contributed by atoms with Crippen LogP contribution in [0.25, 0.3) is 0 Å². The van der Waals surface area contributed by atoms with Gasteiger partial charge >= 0.3 is 0 Å². The second-order valence-corrected chi connectivity index (χ2v) is 5.77. The first-order valence-electron chi connectivity index (χ1n) is 6.37. The Labute approximate surface area is 106 Å². The summed E-state index contributed by atoms with van der Waals surface area (Å²) in [6.45, 7) is 6.36. The summed E-state index contributed by atoms with van der Waals surface area (Å²) in [5.74, 6) is 0. The second kappa shape index (κ2) is 5.65. The lowest BCUT2D eigenvalue weighted by Crippen LogP contribution is -2.37. The molecule has 0 saturated heterocycles. The molecule has 0 saturated carbocycles. The molecule has 0 aliphatic carbocycles. The Bertz CT molecular complexity index is 333. The lowest BCUT2D eigenvalue weighted by atomic mass is 9.91. The maximum atomic E-state index is 6.14. The molecular formula is C15H26N2. The van der Waals surface area contributed by atoms with Crippen molar-refractivity contribution in [3.05, 3.63) is 35.4 Å². The van der Waals surface area contributed by atoms with Crippen LogP contribution in [0.2, 0.25) is 0 Å². The van der Waals surface area contributed by atoms with Crippen LogP contribution in [-0.4, -0.2) is 24.5 Å². The van der Waals surface area contributed by atoms with Gasteiger partial charge in [0, 0.05) is 11.6 Å². The molecule has 0 bridgehead atoms. The molecule has 0 fully saturated rings. The molecule has 0 spiro atoms. The van der Waals surface area contributed by atoms with E-state index in [1.165, 1.54) is 11.1 Å². The van der Waals surface area contributed by atoms with Gasteiger partial charge in [0.15, 0.2) is 0 Å². The molecule has 1 unspecified atom stereocenters. The molecule has 1 aromatic rings. The minimum atomic E-state index is -0.141. The molecule has 96 valence electrons. The minimum absolute atomic E-state index is 0.141. The summed E-state index contributed by atoms with van der Waals surface area (Å²) < 4.78 is 0. The van der Waals surface area contributed by atoms with Gasteiger partial charge in [-0.3, -0.25) is 0 Å². The van der Waals surface area contributed by atoms with Crippen molar-refractivity contribution in [1.29, 1.82) is 0 Å². The summed E-state index contributed by atoms with van der Waals surface area (Å²) >= 11 is 0. The van der Waals surface area contributed by atoms with Crippen molar-refractivity contribution in [2.24, 2.45) is 5.73 Å². The summed E-state index contributed by atoms with van der Waals surface area (Å²) in [6, 6.07) is 9.29. The second-order valence-electron chi connectivity index (χ2n) is 5.77. The lowest BCUT2D eigenvalue weighted by Gasteiger charge is -2.31. The van der Waals surface area contributed by atoms with Crippen molar-refractivity contribution in [1.82, 2.24) is 4.90 Å². The van der Waals surface area contributed by atoms with Gasteiger partial charge in [0.05, 0.1) is 0 Å². The highest BCUT2D eigenvalue weighted by Crippen LogP contribution is 2.26. The van der Waals surface area contributed by atoms with Gasteiger partial charge in [-0.05, 0) is 51.9 Å². The predicted molar refractivity (Wildman–Crippen MR) is 75.1 cm³/mol. The molecule has 0 amide bonds. The third-order valence-electron chi connectivity index (χ3n) is 3.12.